The van der Waals surface area contributed by atoms with Gasteiger partial charge in [0.05, 0.1) is 5.57 Å². The predicted octanol–water partition coefficient (Wildman–Crippen LogP) is 3.31. The van der Waals surface area contributed by atoms with E-state index in [1.165, 1.54) is 12.2 Å². The molecule has 0 fully saturated rings. The molecule has 1 heterocycles. The van der Waals surface area contributed by atoms with Gasteiger partial charge < -0.3 is 5.11 Å². The minimum Gasteiger partial charge on any atom is -0.872 e. The van der Waals surface area contributed by atoms with E-state index in [0.717, 1.165) is 27.1 Å². The molecule has 5 nitrogen and oxygen atoms in total. The molecular weight excluding hydrogens is 549 g/mol. The van der Waals surface area contributed by atoms with Gasteiger partial charge in [-0.05, 0) is 80.7 Å². The smallest absolute Gasteiger partial charge is 0.872 e. The summed E-state index contributed by atoms with van der Waals surface area (Å²) in [7, 11) is 0. The number of fused-ring (bicyclic) bond motifs is 4. The molecule has 194 valence electrons. The maximum Gasteiger partial charge on any atom is 1.00 e. The van der Waals surface area contributed by atoms with Crippen LogP contribution in [0.1, 0.15) is 42.2 Å². The average molecular weight is 570 g/mol. The summed E-state index contributed by atoms with van der Waals surface area (Å²) in [6.45, 7) is 0. The van der Waals surface area contributed by atoms with Crippen LogP contribution in [0.2, 0.25) is 0 Å². The van der Waals surface area contributed by atoms with Crippen molar-refractivity contribution in [2.75, 3.05) is 0 Å². The summed E-state index contributed by atoms with van der Waals surface area (Å²) in [4.78, 5) is 43.8. The van der Waals surface area contributed by atoms with Crippen molar-refractivity contribution in [3.63, 3.8) is 0 Å². The number of benzene rings is 4. The molecular formula is C36H20KNO4. The molecule has 0 unspecified atom stereocenters. The largest absolute Gasteiger partial charge is 1.00 e. The Morgan fingerprint density at radius 2 is 1.12 bits per heavy atom. The molecule has 0 radical (unpaired) electrons. The first-order valence-electron chi connectivity index (χ1n) is 13.1. The van der Waals surface area contributed by atoms with Crippen molar-refractivity contribution in [1.29, 1.82) is 0 Å². The Balaban J connectivity index is 0.00000316. The minimum atomic E-state index is -0.330. The third-order valence-electron chi connectivity index (χ3n) is 7.60. The van der Waals surface area contributed by atoms with Gasteiger partial charge in [0.2, 0.25) is 0 Å². The minimum absolute atomic E-state index is 0. The molecule has 2 aliphatic rings. The van der Waals surface area contributed by atoms with Gasteiger partial charge in [0, 0.05) is 34.7 Å². The number of pyridine rings is 1. The number of hydrogen-bond acceptors (Lipinski definition) is 5. The molecule has 0 bridgehead atoms. The first kappa shape index (κ1) is 28.1. The Morgan fingerprint density at radius 3 is 1.64 bits per heavy atom. The Morgan fingerprint density at radius 1 is 0.643 bits per heavy atom. The molecule has 0 amide bonds. The van der Waals surface area contributed by atoms with Crippen LogP contribution in [0, 0.1) is 0 Å². The maximum absolute atomic E-state index is 13.2. The summed E-state index contributed by atoms with van der Waals surface area (Å²) in [5, 5.41) is 16.8. The van der Waals surface area contributed by atoms with Gasteiger partial charge >= 0.3 is 51.4 Å². The SMILES string of the molecule is O=C1C(=C/C=C(/C=C/C2=C([O-])c3cc4ccccc4cc3C2=O)c2ccncc2)C(=O)c2cc3ccccc3cc21.[K+]. The van der Waals surface area contributed by atoms with Crippen LogP contribution in [0.4, 0.5) is 0 Å². The van der Waals surface area contributed by atoms with Gasteiger partial charge in [0.15, 0.2) is 17.3 Å². The van der Waals surface area contributed by atoms with Crippen molar-refractivity contribution < 1.29 is 70.9 Å². The molecule has 0 aliphatic heterocycles. The Bertz CT molecular complexity index is 2050. The summed E-state index contributed by atoms with van der Waals surface area (Å²) in [6, 6.07) is 25.8. The zero-order chi connectivity index (χ0) is 28.1. The molecule has 0 saturated carbocycles. The number of ketones is 3. The van der Waals surface area contributed by atoms with Crippen LogP contribution in [-0.2, 0) is 0 Å². The summed E-state index contributed by atoms with van der Waals surface area (Å²) < 4.78 is 0. The number of carbonyl (C=O) groups is 3. The first-order valence-corrected chi connectivity index (χ1v) is 13.1. The number of hydrogen-bond donors (Lipinski definition) is 0. The molecule has 1 aromatic heterocycles. The van der Waals surface area contributed by atoms with Gasteiger partial charge in [-0.2, -0.15) is 0 Å². The average Bonchev–Trinajstić information content (AvgIpc) is 3.38. The molecule has 0 spiro atoms. The van der Waals surface area contributed by atoms with Crippen molar-refractivity contribution >= 4 is 50.2 Å². The third-order valence-corrected chi connectivity index (χ3v) is 7.60. The molecule has 5 aromatic rings. The van der Waals surface area contributed by atoms with E-state index in [0.29, 0.717) is 27.8 Å². The second-order valence-electron chi connectivity index (χ2n) is 9.99. The topological polar surface area (TPSA) is 87.2 Å². The van der Waals surface area contributed by atoms with Gasteiger partial charge in [-0.25, -0.2) is 0 Å². The zero-order valence-corrected chi connectivity index (χ0v) is 25.8. The van der Waals surface area contributed by atoms with E-state index in [1.54, 1.807) is 60.9 Å². The van der Waals surface area contributed by atoms with Crippen LogP contribution < -0.4 is 56.5 Å². The van der Waals surface area contributed by atoms with Gasteiger partial charge in [-0.15, -0.1) is 0 Å². The van der Waals surface area contributed by atoms with Gasteiger partial charge in [-0.3, -0.25) is 19.4 Å². The van der Waals surface area contributed by atoms with E-state index in [4.69, 9.17) is 0 Å². The van der Waals surface area contributed by atoms with Crippen LogP contribution in [-0.4, -0.2) is 22.3 Å². The van der Waals surface area contributed by atoms with Gasteiger partial charge in [0.1, 0.15) is 0 Å². The van der Waals surface area contributed by atoms with Crippen molar-refractivity contribution in [2.24, 2.45) is 0 Å². The van der Waals surface area contributed by atoms with Crippen molar-refractivity contribution in [3.8, 4) is 0 Å². The first-order chi connectivity index (χ1) is 20.0. The number of carbonyl (C=O) groups excluding carboxylic acids is 3. The summed E-state index contributed by atoms with van der Waals surface area (Å²) in [6.07, 6.45) is 9.60. The fourth-order valence-electron chi connectivity index (χ4n) is 5.46. The standard InChI is InChI=1S/C36H21NO4.K/c38-33-27(34(39)30-18-24-6-2-1-5-23(24)17-29(30)33)11-9-21(22-13-15-37-16-14-22)10-12-28-35(40)31-19-25-7-3-4-8-26(25)20-32(31)36(28)41;/h1-20,38H;/q;+1/p-1/b11-9+,21-10-;. The van der Waals surface area contributed by atoms with E-state index >= 15 is 0 Å². The second-order valence-corrected chi connectivity index (χ2v) is 9.99. The number of nitrogens with zero attached hydrogens (tertiary/aromatic N) is 1. The van der Waals surface area contributed by atoms with E-state index in [2.05, 4.69) is 4.98 Å². The molecule has 7 rings (SSSR count). The van der Waals surface area contributed by atoms with Gasteiger partial charge in [-0.1, -0.05) is 72.5 Å². The summed E-state index contributed by atoms with van der Waals surface area (Å²) >= 11 is 0. The van der Waals surface area contributed by atoms with E-state index in [-0.39, 0.29) is 85.6 Å². The van der Waals surface area contributed by atoms with Crippen LogP contribution in [0.15, 0.2) is 133 Å². The molecule has 42 heavy (non-hydrogen) atoms. The molecule has 2 aliphatic carbocycles. The summed E-state index contributed by atoms with van der Waals surface area (Å²) in [5.74, 6) is -1.32. The number of rotatable bonds is 4. The summed E-state index contributed by atoms with van der Waals surface area (Å²) in [5.41, 5.74) is 3.03. The van der Waals surface area contributed by atoms with Crippen molar-refractivity contribution in [2.45, 2.75) is 0 Å². The van der Waals surface area contributed by atoms with Crippen LogP contribution in [0.5, 0.6) is 0 Å². The van der Waals surface area contributed by atoms with Gasteiger partial charge in [0.25, 0.3) is 0 Å². The normalized spacial score (nSPS) is 14.6. The van der Waals surface area contributed by atoms with Crippen LogP contribution in [0.25, 0.3) is 32.9 Å². The van der Waals surface area contributed by atoms with Crippen molar-refractivity contribution in [1.82, 2.24) is 4.98 Å². The monoisotopic (exact) mass is 569 g/mol. The number of aromatic nitrogens is 1. The fourth-order valence-corrected chi connectivity index (χ4v) is 5.46. The molecule has 6 heteroatoms. The van der Waals surface area contributed by atoms with E-state index in [1.807, 2.05) is 48.5 Å². The van der Waals surface area contributed by atoms with Crippen LogP contribution >= 0.6 is 0 Å². The zero-order valence-electron chi connectivity index (χ0n) is 22.6. The molecule has 4 aromatic carbocycles. The Labute approximate surface area is 284 Å². The molecule has 0 atom stereocenters. The predicted molar refractivity (Wildman–Crippen MR) is 157 cm³/mol. The second kappa shape index (κ2) is 11.3. The fraction of sp³-hybridized carbons (Fsp3) is 0. The van der Waals surface area contributed by atoms with Crippen molar-refractivity contribution in [3.05, 3.63) is 161 Å². The molecule has 0 saturated heterocycles. The number of allylic oxidation sites excluding steroid dienone is 7. The number of Topliss-reactive ketones (excluding diaryl/α,β-unsaturated/α-hetero) is 3. The Hall–Kier alpha value is -4.04. The quantitative estimate of drug-likeness (QED) is 0.144. The Kier molecular flexibility index (Phi) is 7.57. The van der Waals surface area contributed by atoms with E-state index < -0.39 is 0 Å². The maximum atomic E-state index is 13.2. The third kappa shape index (κ3) is 4.77. The van der Waals surface area contributed by atoms with E-state index in [9.17, 15) is 19.5 Å². The molecule has 0 N–H and O–H groups in total. The van der Waals surface area contributed by atoms with Crippen LogP contribution in [0.3, 0.4) is 0 Å².